The minimum atomic E-state index is 0.365. The molecule has 0 aromatic heterocycles. The highest BCUT2D eigenvalue weighted by molar-refractivity contribution is 4.64. The second-order valence-corrected chi connectivity index (χ2v) is 3.96. The number of rotatable bonds is 7. The molecule has 0 bridgehead atoms. The zero-order valence-electron chi connectivity index (χ0n) is 9.42. The van der Waals surface area contributed by atoms with E-state index in [1.165, 1.54) is 12.8 Å². The van der Waals surface area contributed by atoms with Crippen LogP contribution in [0, 0.1) is 0 Å². The van der Waals surface area contributed by atoms with Gasteiger partial charge >= 0.3 is 0 Å². The SMILES string of the molecule is CCNC(C)CCOCC1CCCO1. The second-order valence-electron chi connectivity index (χ2n) is 3.96. The number of ether oxygens (including phenoxy) is 2. The monoisotopic (exact) mass is 201 g/mol. The van der Waals surface area contributed by atoms with Gasteiger partial charge in [-0.05, 0) is 32.7 Å². The van der Waals surface area contributed by atoms with Crippen LogP contribution < -0.4 is 5.32 Å². The Labute approximate surface area is 87.2 Å². The summed E-state index contributed by atoms with van der Waals surface area (Å²) in [7, 11) is 0. The molecule has 1 aliphatic heterocycles. The molecule has 1 rings (SSSR count). The van der Waals surface area contributed by atoms with E-state index in [4.69, 9.17) is 9.47 Å². The lowest BCUT2D eigenvalue weighted by atomic mass is 10.2. The van der Waals surface area contributed by atoms with Crippen molar-refractivity contribution >= 4 is 0 Å². The predicted octanol–water partition coefficient (Wildman–Crippen LogP) is 1.57. The van der Waals surface area contributed by atoms with Crippen molar-refractivity contribution in [1.29, 1.82) is 0 Å². The van der Waals surface area contributed by atoms with Crippen LogP contribution in [0.2, 0.25) is 0 Å². The molecule has 1 N–H and O–H groups in total. The molecule has 0 radical (unpaired) electrons. The molecular formula is C11H23NO2. The zero-order chi connectivity index (χ0) is 10.2. The molecule has 2 unspecified atom stereocenters. The quantitative estimate of drug-likeness (QED) is 0.634. The normalized spacial score (nSPS) is 24.0. The van der Waals surface area contributed by atoms with E-state index in [-0.39, 0.29) is 0 Å². The largest absolute Gasteiger partial charge is 0.379 e. The van der Waals surface area contributed by atoms with Gasteiger partial charge < -0.3 is 14.8 Å². The molecule has 1 heterocycles. The van der Waals surface area contributed by atoms with Gasteiger partial charge in [-0.2, -0.15) is 0 Å². The van der Waals surface area contributed by atoms with Gasteiger partial charge in [0.15, 0.2) is 0 Å². The van der Waals surface area contributed by atoms with Crippen molar-refractivity contribution in [2.45, 2.75) is 45.3 Å². The van der Waals surface area contributed by atoms with E-state index in [0.29, 0.717) is 12.1 Å². The molecule has 0 amide bonds. The molecule has 14 heavy (non-hydrogen) atoms. The van der Waals surface area contributed by atoms with Gasteiger partial charge in [0.05, 0.1) is 12.7 Å². The summed E-state index contributed by atoms with van der Waals surface area (Å²) in [4.78, 5) is 0. The Bertz CT molecular complexity index is 135. The Balaban J connectivity index is 1.88. The Morgan fingerprint density at radius 2 is 2.43 bits per heavy atom. The summed E-state index contributed by atoms with van der Waals surface area (Å²) in [5.41, 5.74) is 0. The van der Waals surface area contributed by atoms with Crippen LogP contribution in [0.5, 0.6) is 0 Å². The van der Waals surface area contributed by atoms with Gasteiger partial charge in [0.1, 0.15) is 0 Å². The summed E-state index contributed by atoms with van der Waals surface area (Å²) < 4.78 is 11.0. The first-order valence-electron chi connectivity index (χ1n) is 5.75. The summed E-state index contributed by atoms with van der Waals surface area (Å²) in [6.45, 7) is 7.89. The highest BCUT2D eigenvalue weighted by Crippen LogP contribution is 2.11. The van der Waals surface area contributed by atoms with E-state index in [1.54, 1.807) is 0 Å². The van der Waals surface area contributed by atoms with Crippen molar-refractivity contribution in [3.63, 3.8) is 0 Å². The van der Waals surface area contributed by atoms with Gasteiger partial charge in [0.2, 0.25) is 0 Å². The van der Waals surface area contributed by atoms with Crippen molar-refractivity contribution < 1.29 is 9.47 Å². The molecule has 84 valence electrons. The lowest BCUT2D eigenvalue weighted by Crippen LogP contribution is -2.27. The molecule has 3 heteroatoms. The molecule has 0 aromatic rings. The van der Waals surface area contributed by atoms with Gasteiger partial charge in [0.25, 0.3) is 0 Å². The van der Waals surface area contributed by atoms with Crippen LogP contribution in [0.15, 0.2) is 0 Å². The van der Waals surface area contributed by atoms with Crippen molar-refractivity contribution in [3.05, 3.63) is 0 Å². The minimum Gasteiger partial charge on any atom is -0.379 e. The van der Waals surface area contributed by atoms with E-state index >= 15 is 0 Å². The van der Waals surface area contributed by atoms with E-state index in [9.17, 15) is 0 Å². The predicted molar refractivity (Wildman–Crippen MR) is 57.5 cm³/mol. The molecule has 0 aromatic carbocycles. The maximum absolute atomic E-state index is 5.57. The molecule has 1 saturated heterocycles. The van der Waals surface area contributed by atoms with E-state index < -0.39 is 0 Å². The van der Waals surface area contributed by atoms with Crippen molar-refractivity contribution in [2.75, 3.05) is 26.4 Å². The molecule has 3 nitrogen and oxygen atoms in total. The van der Waals surface area contributed by atoms with Crippen molar-refractivity contribution in [1.82, 2.24) is 5.32 Å². The Hall–Kier alpha value is -0.120. The van der Waals surface area contributed by atoms with E-state index in [2.05, 4.69) is 19.2 Å². The minimum absolute atomic E-state index is 0.365. The molecule has 2 atom stereocenters. The maximum atomic E-state index is 5.57. The number of nitrogens with one attached hydrogen (secondary N) is 1. The highest BCUT2D eigenvalue weighted by atomic mass is 16.5. The molecule has 1 fully saturated rings. The third-order valence-corrected chi connectivity index (χ3v) is 2.58. The average molecular weight is 201 g/mol. The van der Waals surface area contributed by atoms with Crippen molar-refractivity contribution in [2.24, 2.45) is 0 Å². The summed E-state index contributed by atoms with van der Waals surface area (Å²) >= 11 is 0. The molecule has 0 aliphatic carbocycles. The fourth-order valence-corrected chi connectivity index (χ4v) is 1.70. The summed E-state index contributed by atoms with van der Waals surface area (Å²) in [6, 6.07) is 0.560. The lowest BCUT2D eigenvalue weighted by molar-refractivity contribution is 0.0150. The molecule has 0 saturated carbocycles. The van der Waals surface area contributed by atoms with Gasteiger partial charge in [-0.15, -0.1) is 0 Å². The van der Waals surface area contributed by atoms with Crippen LogP contribution in [0.1, 0.15) is 33.1 Å². The second kappa shape index (κ2) is 7.21. The van der Waals surface area contributed by atoms with Crippen molar-refractivity contribution in [3.8, 4) is 0 Å². The Kier molecular flexibility index (Phi) is 6.15. The lowest BCUT2D eigenvalue weighted by Gasteiger charge is -2.13. The topological polar surface area (TPSA) is 30.5 Å². The smallest absolute Gasteiger partial charge is 0.0809 e. The number of hydrogen-bond donors (Lipinski definition) is 1. The Morgan fingerprint density at radius 1 is 1.57 bits per heavy atom. The first-order valence-corrected chi connectivity index (χ1v) is 5.75. The van der Waals surface area contributed by atoms with Crippen LogP contribution in [0.3, 0.4) is 0 Å². The first kappa shape index (κ1) is 12.0. The fraction of sp³-hybridized carbons (Fsp3) is 1.00. The van der Waals surface area contributed by atoms with Gasteiger partial charge in [-0.1, -0.05) is 6.92 Å². The summed E-state index contributed by atoms with van der Waals surface area (Å²) in [6.07, 6.45) is 3.81. The van der Waals surface area contributed by atoms with E-state index in [0.717, 1.165) is 32.8 Å². The maximum Gasteiger partial charge on any atom is 0.0809 e. The molecule has 0 spiro atoms. The van der Waals surface area contributed by atoms with Crippen LogP contribution in [0.4, 0.5) is 0 Å². The van der Waals surface area contributed by atoms with Crippen LogP contribution in [0.25, 0.3) is 0 Å². The van der Waals surface area contributed by atoms with Gasteiger partial charge in [0, 0.05) is 19.3 Å². The van der Waals surface area contributed by atoms with Crippen LogP contribution in [-0.4, -0.2) is 38.5 Å². The highest BCUT2D eigenvalue weighted by Gasteiger charge is 2.15. The third kappa shape index (κ3) is 4.94. The molecule has 1 aliphatic rings. The fourth-order valence-electron chi connectivity index (χ4n) is 1.70. The first-order chi connectivity index (χ1) is 6.83. The summed E-state index contributed by atoms with van der Waals surface area (Å²) in [5, 5.41) is 3.36. The van der Waals surface area contributed by atoms with Gasteiger partial charge in [-0.3, -0.25) is 0 Å². The van der Waals surface area contributed by atoms with Gasteiger partial charge in [-0.25, -0.2) is 0 Å². The molecular weight excluding hydrogens is 178 g/mol. The summed E-state index contributed by atoms with van der Waals surface area (Å²) in [5.74, 6) is 0. The van der Waals surface area contributed by atoms with Crippen LogP contribution >= 0.6 is 0 Å². The average Bonchev–Trinajstić information content (AvgIpc) is 2.65. The van der Waals surface area contributed by atoms with Crippen LogP contribution in [-0.2, 0) is 9.47 Å². The Morgan fingerprint density at radius 3 is 3.07 bits per heavy atom. The van der Waals surface area contributed by atoms with E-state index in [1.807, 2.05) is 0 Å². The zero-order valence-corrected chi connectivity index (χ0v) is 9.42. The third-order valence-electron chi connectivity index (χ3n) is 2.58. The number of hydrogen-bond acceptors (Lipinski definition) is 3. The standard InChI is InChI=1S/C11H23NO2/c1-3-12-10(2)6-8-13-9-11-5-4-7-14-11/h10-12H,3-9H2,1-2H3.